The Labute approximate surface area is 113 Å². The molecule has 0 amide bonds. The van der Waals surface area contributed by atoms with E-state index in [2.05, 4.69) is 21.2 Å². The van der Waals surface area contributed by atoms with Crippen molar-refractivity contribution in [1.82, 2.24) is 5.32 Å². The molecule has 1 N–H and O–H groups in total. The summed E-state index contributed by atoms with van der Waals surface area (Å²) < 4.78 is 20.2. The summed E-state index contributed by atoms with van der Waals surface area (Å²) >= 11 is 3.37. The van der Waals surface area contributed by atoms with Gasteiger partial charge in [0.2, 0.25) is 0 Å². The highest BCUT2D eigenvalue weighted by atomic mass is 79.9. The average molecular weight is 310 g/mol. The van der Waals surface area contributed by atoms with Gasteiger partial charge in [-0.1, -0.05) is 15.9 Å². The van der Waals surface area contributed by atoms with Gasteiger partial charge in [-0.15, -0.1) is 0 Å². The van der Waals surface area contributed by atoms with E-state index < -0.39 is 0 Å². The quantitative estimate of drug-likeness (QED) is 0.920. The van der Waals surface area contributed by atoms with Gasteiger partial charge in [0.05, 0.1) is 12.8 Å². The number of halogens is 2. The van der Waals surface area contributed by atoms with Gasteiger partial charge >= 0.3 is 0 Å². The summed E-state index contributed by atoms with van der Waals surface area (Å²) in [4.78, 5) is 0. The van der Waals surface area contributed by atoms with Crippen molar-refractivity contribution in [2.75, 3.05) is 0 Å². The molecule has 2 nitrogen and oxygen atoms in total. The Morgan fingerprint density at radius 3 is 2.89 bits per heavy atom. The number of rotatable bonds is 4. The maximum Gasteiger partial charge on any atom is 0.131 e. The Hall–Kier alpha value is -1.13. The molecule has 94 valence electrons. The fraction of sp³-hybridized carbons (Fsp3) is 0.286. The van der Waals surface area contributed by atoms with Crippen LogP contribution >= 0.6 is 15.9 Å². The Morgan fingerprint density at radius 1 is 1.28 bits per heavy atom. The van der Waals surface area contributed by atoms with Crippen molar-refractivity contribution < 1.29 is 8.81 Å². The lowest BCUT2D eigenvalue weighted by Gasteiger charge is -2.06. The van der Waals surface area contributed by atoms with Crippen molar-refractivity contribution in [1.29, 1.82) is 0 Å². The first-order valence-corrected chi connectivity index (χ1v) is 6.78. The maximum atomic E-state index is 13.8. The van der Waals surface area contributed by atoms with Crippen molar-refractivity contribution in [3.63, 3.8) is 0 Å². The van der Waals surface area contributed by atoms with Crippen LogP contribution in [0.1, 0.15) is 18.6 Å². The van der Waals surface area contributed by atoms with Gasteiger partial charge < -0.3 is 9.73 Å². The molecule has 1 heterocycles. The first-order valence-electron chi connectivity index (χ1n) is 5.99. The van der Waals surface area contributed by atoms with Crippen LogP contribution < -0.4 is 5.32 Å². The van der Waals surface area contributed by atoms with E-state index in [1.54, 1.807) is 18.4 Å². The van der Waals surface area contributed by atoms with Gasteiger partial charge in [-0.05, 0) is 37.1 Å². The number of nitrogens with one attached hydrogen (secondary N) is 1. The molecule has 1 saturated carbocycles. The average Bonchev–Trinajstić information content (AvgIpc) is 3.08. The standard InChI is InChI=1S/C14H13BrFNO/c15-9-1-4-13(16)12(7-9)11-5-6-18-14(11)8-17-10-2-3-10/h1,4-7,10,17H,2-3,8H2. The maximum absolute atomic E-state index is 13.8. The summed E-state index contributed by atoms with van der Waals surface area (Å²) in [5, 5.41) is 3.38. The highest BCUT2D eigenvalue weighted by Gasteiger charge is 2.21. The van der Waals surface area contributed by atoms with Gasteiger partial charge in [0.15, 0.2) is 0 Å². The molecule has 4 heteroatoms. The first-order chi connectivity index (χ1) is 8.74. The number of furan rings is 1. The molecule has 0 atom stereocenters. The number of benzene rings is 1. The lowest BCUT2D eigenvalue weighted by atomic mass is 10.1. The van der Waals surface area contributed by atoms with E-state index in [1.165, 1.54) is 18.9 Å². The Morgan fingerprint density at radius 2 is 2.11 bits per heavy atom. The Balaban J connectivity index is 1.90. The van der Waals surface area contributed by atoms with Gasteiger partial charge in [-0.3, -0.25) is 0 Å². The van der Waals surface area contributed by atoms with Crippen molar-refractivity contribution >= 4 is 15.9 Å². The number of hydrogen-bond donors (Lipinski definition) is 1. The molecule has 0 saturated heterocycles. The van der Waals surface area contributed by atoms with E-state index in [9.17, 15) is 4.39 Å². The van der Waals surface area contributed by atoms with Crippen LogP contribution in [0.25, 0.3) is 11.1 Å². The molecule has 3 rings (SSSR count). The Bertz CT molecular complexity index is 563. The van der Waals surface area contributed by atoms with Crippen LogP contribution in [0.2, 0.25) is 0 Å². The van der Waals surface area contributed by atoms with Crippen LogP contribution in [0.4, 0.5) is 4.39 Å². The smallest absolute Gasteiger partial charge is 0.131 e. The fourth-order valence-electron chi connectivity index (χ4n) is 1.95. The molecule has 0 bridgehead atoms. The third-order valence-corrected chi connectivity index (χ3v) is 3.59. The second-order valence-electron chi connectivity index (χ2n) is 4.54. The van der Waals surface area contributed by atoms with E-state index in [-0.39, 0.29) is 5.82 Å². The molecule has 18 heavy (non-hydrogen) atoms. The van der Waals surface area contributed by atoms with Gasteiger partial charge in [-0.2, -0.15) is 0 Å². The van der Waals surface area contributed by atoms with Crippen LogP contribution in [0, 0.1) is 5.82 Å². The van der Waals surface area contributed by atoms with Crippen LogP contribution in [-0.2, 0) is 6.54 Å². The van der Waals surface area contributed by atoms with E-state index >= 15 is 0 Å². The largest absolute Gasteiger partial charge is 0.467 e. The summed E-state index contributed by atoms with van der Waals surface area (Å²) in [5.74, 6) is 0.561. The number of hydrogen-bond acceptors (Lipinski definition) is 2. The van der Waals surface area contributed by atoms with Gasteiger partial charge in [0, 0.05) is 21.6 Å². The van der Waals surface area contributed by atoms with Gasteiger partial charge in [0.1, 0.15) is 11.6 Å². The van der Waals surface area contributed by atoms with Gasteiger partial charge in [-0.25, -0.2) is 4.39 Å². The Kier molecular flexibility index (Phi) is 3.22. The minimum absolute atomic E-state index is 0.229. The summed E-state index contributed by atoms with van der Waals surface area (Å²) in [5.41, 5.74) is 1.40. The van der Waals surface area contributed by atoms with Crippen LogP contribution in [0.5, 0.6) is 0 Å². The van der Waals surface area contributed by atoms with E-state index in [4.69, 9.17) is 4.42 Å². The molecule has 1 aromatic heterocycles. The molecule has 0 radical (unpaired) electrons. The molecule has 1 fully saturated rings. The molecular weight excluding hydrogens is 297 g/mol. The molecule has 0 unspecified atom stereocenters. The normalized spacial score (nSPS) is 15.0. The molecule has 1 aliphatic carbocycles. The van der Waals surface area contributed by atoms with E-state index in [1.807, 2.05) is 6.07 Å². The SMILES string of the molecule is Fc1ccc(Br)cc1-c1ccoc1CNC1CC1. The zero-order valence-corrected chi connectivity index (χ0v) is 11.3. The third kappa shape index (κ3) is 2.49. The molecule has 1 aliphatic rings. The monoisotopic (exact) mass is 309 g/mol. The lowest BCUT2D eigenvalue weighted by molar-refractivity contribution is 0.483. The van der Waals surface area contributed by atoms with Crippen molar-refractivity contribution in [2.45, 2.75) is 25.4 Å². The highest BCUT2D eigenvalue weighted by molar-refractivity contribution is 9.10. The van der Waals surface area contributed by atoms with Gasteiger partial charge in [0.25, 0.3) is 0 Å². The zero-order chi connectivity index (χ0) is 12.5. The summed E-state index contributed by atoms with van der Waals surface area (Å²) in [7, 11) is 0. The predicted molar refractivity (Wildman–Crippen MR) is 71.7 cm³/mol. The fourth-order valence-corrected chi connectivity index (χ4v) is 2.31. The minimum atomic E-state index is -0.229. The predicted octanol–water partition coefficient (Wildman–Crippen LogP) is 4.10. The zero-order valence-electron chi connectivity index (χ0n) is 9.75. The third-order valence-electron chi connectivity index (χ3n) is 3.09. The van der Waals surface area contributed by atoms with Crippen molar-refractivity contribution in [3.05, 3.63) is 46.6 Å². The van der Waals surface area contributed by atoms with Crippen LogP contribution in [0.15, 0.2) is 39.4 Å². The molecule has 0 aliphatic heterocycles. The minimum Gasteiger partial charge on any atom is -0.467 e. The highest BCUT2D eigenvalue weighted by Crippen LogP contribution is 2.30. The first kappa shape index (κ1) is 11.9. The topological polar surface area (TPSA) is 25.2 Å². The van der Waals surface area contributed by atoms with E-state index in [0.717, 1.165) is 15.8 Å². The van der Waals surface area contributed by atoms with E-state index in [0.29, 0.717) is 18.2 Å². The van der Waals surface area contributed by atoms with Crippen LogP contribution in [0.3, 0.4) is 0 Å². The molecule has 1 aromatic carbocycles. The lowest BCUT2D eigenvalue weighted by Crippen LogP contribution is -2.15. The summed E-state index contributed by atoms with van der Waals surface area (Å²) in [6.07, 6.45) is 4.06. The van der Waals surface area contributed by atoms with Crippen molar-refractivity contribution in [3.8, 4) is 11.1 Å². The van der Waals surface area contributed by atoms with Crippen molar-refractivity contribution in [2.24, 2.45) is 0 Å². The summed E-state index contributed by atoms with van der Waals surface area (Å²) in [6, 6.07) is 7.36. The molecular formula is C14H13BrFNO. The summed E-state index contributed by atoms with van der Waals surface area (Å²) in [6.45, 7) is 0.652. The second kappa shape index (κ2) is 4.86. The molecule has 2 aromatic rings. The second-order valence-corrected chi connectivity index (χ2v) is 5.45. The van der Waals surface area contributed by atoms with Crippen LogP contribution in [-0.4, -0.2) is 6.04 Å². The molecule has 0 spiro atoms.